The van der Waals surface area contributed by atoms with Crippen molar-refractivity contribution in [2.75, 3.05) is 6.61 Å². The maximum absolute atomic E-state index is 15.9. The first-order chi connectivity index (χ1) is 20.6. The van der Waals surface area contributed by atoms with Crippen LogP contribution in [0.15, 0.2) is 54.6 Å². The molecular formula is C31H28F2N6O3S. The van der Waals surface area contributed by atoms with Gasteiger partial charge in [0.2, 0.25) is 5.91 Å². The molecule has 2 atom stereocenters. The predicted molar refractivity (Wildman–Crippen MR) is 159 cm³/mol. The number of hydrogen-bond donors (Lipinski definition) is 1. The highest BCUT2D eigenvalue weighted by Crippen LogP contribution is 2.47. The Bertz CT molecular complexity index is 1890. The minimum Gasteiger partial charge on any atom is -0.490 e. The fraction of sp³-hybridized carbons (Fsp3) is 0.258. The number of thiophene rings is 1. The van der Waals surface area contributed by atoms with Gasteiger partial charge in [-0.15, -0.1) is 11.3 Å². The molecule has 0 aliphatic carbocycles. The number of aliphatic hydroxyl groups is 1. The maximum Gasteiger partial charge on any atom is 0.246 e. The van der Waals surface area contributed by atoms with E-state index < -0.39 is 17.7 Å². The van der Waals surface area contributed by atoms with E-state index in [0.29, 0.717) is 51.7 Å². The average Bonchev–Trinajstić information content (AvgIpc) is 3.62. The summed E-state index contributed by atoms with van der Waals surface area (Å²) in [6.45, 7) is 9.49. The summed E-state index contributed by atoms with van der Waals surface area (Å²) in [7, 11) is 0. The molecule has 12 heteroatoms. The Hall–Kier alpha value is -4.55. The van der Waals surface area contributed by atoms with Crippen molar-refractivity contribution in [2.24, 2.45) is 0 Å². The van der Waals surface area contributed by atoms with Gasteiger partial charge >= 0.3 is 0 Å². The Labute approximate surface area is 250 Å². The lowest BCUT2D eigenvalue weighted by molar-refractivity contribution is -0.129. The highest BCUT2D eigenvalue weighted by molar-refractivity contribution is 7.18. The lowest BCUT2D eigenvalue weighted by atomic mass is 9.96. The van der Waals surface area contributed by atoms with Crippen LogP contribution in [0.1, 0.15) is 25.2 Å². The van der Waals surface area contributed by atoms with Gasteiger partial charge in [-0.25, -0.2) is 13.8 Å². The van der Waals surface area contributed by atoms with Crippen LogP contribution in [-0.2, 0) is 17.9 Å². The number of aromatic nitrogens is 5. The lowest BCUT2D eigenvalue weighted by Gasteiger charge is -2.33. The molecule has 5 aromatic rings. The molecule has 0 radical (unpaired) electrons. The summed E-state index contributed by atoms with van der Waals surface area (Å²) in [6, 6.07) is 7.36. The molecule has 0 saturated heterocycles. The van der Waals surface area contributed by atoms with Crippen LogP contribution in [0.3, 0.4) is 0 Å². The van der Waals surface area contributed by atoms with Crippen LogP contribution in [0, 0.1) is 18.6 Å². The number of amides is 1. The SMILES string of the molecule is C=CC(=O)N1Cc2cc(-c3nc(-c4cnnc(C)c4)c4ccsc4c3-c3c(F)cc(F)cc3OC[C@@H](C)O)nn2C[C@H]1C. The van der Waals surface area contributed by atoms with E-state index in [9.17, 15) is 14.3 Å². The number of carbonyl (C=O) groups excluding carboxylic acids is 1. The van der Waals surface area contributed by atoms with Gasteiger partial charge in [-0.3, -0.25) is 9.48 Å². The second-order valence-electron chi connectivity index (χ2n) is 10.6. The smallest absolute Gasteiger partial charge is 0.246 e. The normalized spacial score (nSPS) is 15.4. The van der Waals surface area contributed by atoms with Crippen molar-refractivity contribution in [3.63, 3.8) is 0 Å². The minimum atomic E-state index is -0.869. The Morgan fingerprint density at radius 3 is 2.81 bits per heavy atom. The lowest BCUT2D eigenvalue weighted by Crippen LogP contribution is -2.44. The summed E-state index contributed by atoms with van der Waals surface area (Å²) in [4.78, 5) is 19.3. The quantitative estimate of drug-likeness (QED) is 0.244. The molecule has 0 fully saturated rings. The van der Waals surface area contributed by atoms with Crippen molar-refractivity contribution in [3.8, 4) is 39.5 Å². The van der Waals surface area contributed by atoms with Crippen LogP contribution in [0.25, 0.3) is 43.9 Å². The number of ether oxygens (including phenoxy) is 1. The highest BCUT2D eigenvalue weighted by atomic mass is 32.1. The Morgan fingerprint density at radius 2 is 2.07 bits per heavy atom. The molecule has 1 aliphatic heterocycles. The monoisotopic (exact) mass is 602 g/mol. The molecule has 1 aromatic carbocycles. The standard InChI is InChI=1S/C31H28F2N6O3S/c1-5-26(41)38-14-21-11-24(37-39(21)13-17(38)3)30-28(27-23(33)9-20(32)10-25(27)42-15-18(4)40)31-22(6-7-43-31)29(35-30)19-8-16(2)36-34-12-19/h5-12,17-18,40H,1,13-15H2,2-4H3/t17-,18-/m1/s1. The van der Waals surface area contributed by atoms with Crippen LogP contribution in [0.5, 0.6) is 5.75 Å². The number of aryl methyl sites for hydroxylation is 1. The Morgan fingerprint density at radius 1 is 1.26 bits per heavy atom. The molecule has 0 bridgehead atoms. The van der Waals surface area contributed by atoms with Gasteiger partial charge in [0, 0.05) is 39.4 Å². The van der Waals surface area contributed by atoms with Crippen LogP contribution >= 0.6 is 11.3 Å². The first-order valence-corrected chi connectivity index (χ1v) is 14.5. The largest absolute Gasteiger partial charge is 0.490 e. The number of hydrogen-bond acceptors (Lipinski definition) is 8. The van der Waals surface area contributed by atoms with Crippen LogP contribution in [-0.4, -0.2) is 59.6 Å². The maximum atomic E-state index is 15.9. The van der Waals surface area contributed by atoms with Gasteiger partial charge in [0.1, 0.15) is 35.4 Å². The molecule has 43 heavy (non-hydrogen) atoms. The predicted octanol–water partition coefficient (Wildman–Crippen LogP) is 5.55. The number of halogens is 2. The van der Waals surface area contributed by atoms with E-state index in [4.69, 9.17) is 14.8 Å². The number of benzene rings is 1. The third-order valence-corrected chi connectivity index (χ3v) is 8.20. The minimum absolute atomic E-state index is 0.00962. The molecule has 0 spiro atoms. The van der Waals surface area contributed by atoms with Gasteiger partial charge in [0.15, 0.2) is 0 Å². The van der Waals surface area contributed by atoms with Gasteiger partial charge in [-0.1, -0.05) is 6.58 Å². The molecule has 6 rings (SSSR count). The van der Waals surface area contributed by atoms with Crippen molar-refractivity contribution >= 4 is 27.3 Å². The number of rotatable bonds is 7. The highest BCUT2D eigenvalue weighted by Gasteiger charge is 2.30. The second-order valence-corrected chi connectivity index (χ2v) is 11.5. The number of carbonyl (C=O) groups is 1. The summed E-state index contributed by atoms with van der Waals surface area (Å²) in [6.07, 6.45) is 2.03. The van der Waals surface area contributed by atoms with E-state index in [2.05, 4.69) is 16.8 Å². The number of nitrogens with zero attached hydrogens (tertiary/aromatic N) is 6. The number of pyridine rings is 1. The molecule has 4 aromatic heterocycles. The van der Waals surface area contributed by atoms with Crippen molar-refractivity contribution in [3.05, 3.63) is 77.6 Å². The zero-order valence-corrected chi connectivity index (χ0v) is 24.5. The van der Waals surface area contributed by atoms with Crippen LogP contribution in [0.4, 0.5) is 8.78 Å². The second kappa shape index (κ2) is 11.3. The van der Waals surface area contributed by atoms with Gasteiger partial charge < -0.3 is 14.7 Å². The van der Waals surface area contributed by atoms with Crippen molar-refractivity contribution in [1.82, 2.24) is 29.9 Å². The Balaban J connectivity index is 1.64. The molecule has 1 aliphatic rings. The summed E-state index contributed by atoms with van der Waals surface area (Å²) < 4.78 is 38.7. The number of aliphatic hydroxyl groups excluding tert-OH is 1. The summed E-state index contributed by atoms with van der Waals surface area (Å²) >= 11 is 1.38. The summed E-state index contributed by atoms with van der Waals surface area (Å²) in [5.41, 5.74) is 3.98. The topological polar surface area (TPSA) is 106 Å². The molecule has 0 saturated carbocycles. The average molecular weight is 603 g/mol. The fourth-order valence-electron chi connectivity index (χ4n) is 5.33. The fourth-order valence-corrected chi connectivity index (χ4v) is 6.28. The first kappa shape index (κ1) is 28.6. The third kappa shape index (κ3) is 5.28. The first-order valence-electron chi connectivity index (χ1n) is 13.7. The van der Waals surface area contributed by atoms with E-state index in [0.717, 1.165) is 23.2 Å². The van der Waals surface area contributed by atoms with Crippen LogP contribution in [0.2, 0.25) is 0 Å². The van der Waals surface area contributed by atoms with Gasteiger partial charge in [0.25, 0.3) is 0 Å². The van der Waals surface area contributed by atoms with E-state index in [1.165, 1.54) is 24.3 Å². The molecule has 1 N–H and O–H groups in total. The summed E-state index contributed by atoms with van der Waals surface area (Å²) in [5, 5.41) is 25.5. The number of fused-ring (bicyclic) bond motifs is 2. The molecule has 9 nitrogen and oxygen atoms in total. The van der Waals surface area contributed by atoms with Crippen molar-refractivity contribution in [1.29, 1.82) is 0 Å². The van der Waals surface area contributed by atoms with Crippen molar-refractivity contribution < 1.29 is 23.4 Å². The van der Waals surface area contributed by atoms with Crippen LogP contribution < -0.4 is 4.74 Å². The molecular weight excluding hydrogens is 574 g/mol. The summed E-state index contributed by atoms with van der Waals surface area (Å²) in [5.74, 6) is -1.90. The van der Waals surface area contributed by atoms with E-state index in [1.807, 2.05) is 42.1 Å². The Kier molecular flexibility index (Phi) is 7.49. The van der Waals surface area contributed by atoms with Crippen molar-refractivity contribution in [2.45, 2.75) is 46.0 Å². The van der Waals surface area contributed by atoms with E-state index in [-0.39, 0.29) is 29.9 Å². The van der Waals surface area contributed by atoms with Gasteiger partial charge in [-0.05, 0) is 50.4 Å². The molecule has 220 valence electrons. The zero-order valence-electron chi connectivity index (χ0n) is 23.7. The molecule has 1 amide bonds. The molecule has 5 heterocycles. The zero-order chi connectivity index (χ0) is 30.4. The molecule has 0 unspecified atom stereocenters. The van der Waals surface area contributed by atoms with Gasteiger partial charge in [-0.2, -0.15) is 15.3 Å². The third-order valence-electron chi connectivity index (χ3n) is 7.27. The van der Waals surface area contributed by atoms with E-state index in [1.54, 1.807) is 11.1 Å². The van der Waals surface area contributed by atoms with Gasteiger partial charge in [0.05, 0.1) is 48.0 Å². The van der Waals surface area contributed by atoms with E-state index >= 15 is 4.39 Å².